The van der Waals surface area contributed by atoms with Crippen LogP contribution in [0.4, 0.5) is 5.82 Å². The molecular formula is C28H37N7O. The molecule has 36 heavy (non-hydrogen) atoms. The van der Waals surface area contributed by atoms with E-state index in [0.717, 1.165) is 42.9 Å². The van der Waals surface area contributed by atoms with Gasteiger partial charge in [0.1, 0.15) is 17.5 Å². The molecule has 2 aromatic rings. The average molecular weight is 488 g/mol. The van der Waals surface area contributed by atoms with Crippen molar-refractivity contribution in [2.75, 3.05) is 25.9 Å². The number of piperidine rings is 1. The van der Waals surface area contributed by atoms with Gasteiger partial charge in [-0.3, -0.25) is 4.79 Å². The largest absolute Gasteiger partial charge is 0.384 e. The second kappa shape index (κ2) is 12.8. The Morgan fingerprint density at radius 3 is 2.67 bits per heavy atom. The van der Waals surface area contributed by atoms with Gasteiger partial charge in [0, 0.05) is 55.3 Å². The van der Waals surface area contributed by atoms with E-state index in [4.69, 9.17) is 10.7 Å². The minimum absolute atomic E-state index is 0.221. The number of nitrogens with two attached hydrogens (primary N) is 1. The molecular weight excluding hydrogens is 450 g/mol. The Hall–Kier alpha value is -3.78. The van der Waals surface area contributed by atoms with Crippen molar-refractivity contribution in [3.63, 3.8) is 0 Å². The molecule has 1 unspecified atom stereocenters. The Balaban J connectivity index is 1.89. The first-order chi connectivity index (χ1) is 17.3. The number of nitrogens with zero attached hydrogens (tertiary/aromatic N) is 5. The molecule has 8 heteroatoms. The van der Waals surface area contributed by atoms with Crippen molar-refractivity contribution in [3.8, 4) is 11.3 Å². The zero-order valence-electron chi connectivity index (χ0n) is 21.9. The minimum Gasteiger partial charge on any atom is -0.384 e. The lowest BCUT2D eigenvalue weighted by atomic mass is 9.97. The van der Waals surface area contributed by atoms with Crippen LogP contribution < -0.4 is 11.1 Å². The van der Waals surface area contributed by atoms with Crippen LogP contribution in [0.25, 0.3) is 11.3 Å². The van der Waals surface area contributed by atoms with Gasteiger partial charge < -0.3 is 20.5 Å². The van der Waals surface area contributed by atoms with E-state index in [9.17, 15) is 4.79 Å². The highest BCUT2D eigenvalue weighted by Crippen LogP contribution is 2.26. The van der Waals surface area contributed by atoms with Gasteiger partial charge in [-0.15, -0.1) is 0 Å². The molecule has 0 spiro atoms. The van der Waals surface area contributed by atoms with Crippen molar-refractivity contribution in [1.29, 1.82) is 0 Å². The van der Waals surface area contributed by atoms with E-state index < -0.39 is 0 Å². The number of anilines is 1. The standard InChI is InChI=1S/C28H37N7O/c1-6-20(2)13-14-30-21(3)32-28(36)23-11-9-22(10-12-23)25-18-26(29)31-15-17-35(5)27(33-25)24-8-7-16-34(4)19-24/h6,9-15,17-18,24H,7-8,16,19H2,1-5H3,(H2,29,31)(H,30,32,36)/b14-13-,17-15?,20-6-,25-18?,33-27?. The minimum atomic E-state index is -0.221. The second-order valence-electron chi connectivity index (χ2n) is 9.16. The third kappa shape index (κ3) is 7.61. The van der Waals surface area contributed by atoms with Crippen LogP contribution in [0.3, 0.4) is 0 Å². The van der Waals surface area contributed by atoms with Gasteiger partial charge in [-0.1, -0.05) is 23.8 Å². The monoisotopic (exact) mass is 487 g/mol. The van der Waals surface area contributed by atoms with Crippen LogP contribution >= 0.6 is 0 Å². The van der Waals surface area contributed by atoms with Gasteiger partial charge in [0.15, 0.2) is 0 Å². The number of carbonyl (C=O) groups excluding carboxylic acids is 1. The number of hydrogen-bond donors (Lipinski definition) is 2. The van der Waals surface area contributed by atoms with Gasteiger partial charge in [-0.25, -0.2) is 15.0 Å². The number of benzene rings is 1. The molecule has 1 atom stereocenters. The van der Waals surface area contributed by atoms with Gasteiger partial charge in [-0.2, -0.15) is 0 Å². The fraction of sp³-hybridized carbons (Fsp3) is 0.357. The molecule has 190 valence electrons. The Morgan fingerprint density at radius 1 is 1.22 bits per heavy atom. The number of aliphatic imine (C=N–C) groups is 1. The number of amides is 1. The highest BCUT2D eigenvalue weighted by Gasteiger charge is 2.22. The Bertz CT molecular complexity index is 1210. The molecule has 1 aromatic carbocycles. The Labute approximate surface area is 214 Å². The van der Waals surface area contributed by atoms with Crippen LogP contribution in [0, 0.1) is 0 Å². The fourth-order valence-electron chi connectivity index (χ4n) is 4.04. The second-order valence-corrected chi connectivity index (χ2v) is 9.16. The van der Waals surface area contributed by atoms with Gasteiger partial charge in [0.2, 0.25) is 0 Å². The van der Waals surface area contributed by atoms with E-state index in [-0.39, 0.29) is 5.91 Å². The van der Waals surface area contributed by atoms with E-state index in [2.05, 4.69) is 27.2 Å². The molecule has 1 amide bonds. The first-order valence-electron chi connectivity index (χ1n) is 12.2. The molecule has 0 aliphatic carbocycles. The lowest BCUT2D eigenvalue weighted by Crippen LogP contribution is -2.32. The first kappa shape index (κ1) is 26.8. The van der Waals surface area contributed by atoms with Crippen molar-refractivity contribution in [2.24, 2.45) is 12.0 Å². The van der Waals surface area contributed by atoms with Gasteiger partial charge >= 0.3 is 0 Å². The number of nitrogen functional groups attached to an aromatic ring is 1. The van der Waals surface area contributed by atoms with Gasteiger partial charge in [0.05, 0.1) is 5.69 Å². The highest BCUT2D eigenvalue weighted by atomic mass is 16.1. The van der Waals surface area contributed by atoms with Crippen molar-refractivity contribution in [1.82, 2.24) is 24.8 Å². The maximum absolute atomic E-state index is 12.7. The third-order valence-electron chi connectivity index (χ3n) is 6.18. The molecule has 1 aliphatic rings. The zero-order valence-corrected chi connectivity index (χ0v) is 21.9. The summed E-state index contributed by atoms with van der Waals surface area (Å²) in [5.74, 6) is 1.95. The number of rotatable bonds is 5. The zero-order chi connectivity index (χ0) is 26.1. The molecule has 8 nitrogen and oxygen atoms in total. The van der Waals surface area contributed by atoms with Gasteiger partial charge in [-0.05, 0) is 65.4 Å². The molecule has 2 heterocycles. The summed E-state index contributed by atoms with van der Waals surface area (Å²) in [6.45, 7) is 7.76. The molecule has 0 radical (unpaired) electrons. The summed E-state index contributed by atoms with van der Waals surface area (Å²) in [6.07, 6.45) is 11.4. The predicted octanol–water partition coefficient (Wildman–Crippen LogP) is 4.63. The fourth-order valence-corrected chi connectivity index (χ4v) is 4.04. The molecule has 0 bridgehead atoms. The number of hydrogen-bond acceptors (Lipinski definition) is 6. The Morgan fingerprint density at radius 2 is 1.97 bits per heavy atom. The number of nitrogens with one attached hydrogen (secondary N) is 1. The lowest BCUT2D eigenvalue weighted by molar-refractivity contribution is 0.0977. The van der Waals surface area contributed by atoms with E-state index in [0.29, 0.717) is 28.8 Å². The normalized spacial score (nSPS) is 17.2. The highest BCUT2D eigenvalue weighted by molar-refractivity contribution is 6.06. The van der Waals surface area contributed by atoms with Crippen LogP contribution in [0.1, 0.15) is 55.7 Å². The summed E-state index contributed by atoms with van der Waals surface area (Å²) in [6, 6.07) is 9.11. The molecule has 1 aromatic heterocycles. The summed E-state index contributed by atoms with van der Waals surface area (Å²) in [5.41, 5.74) is 9.33. The average Bonchev–Trinajstić information content (AvgIpc) is 2.92. The number of likely N-dealkylation sites (tertiary alicyclic amines) is 1. The SMILES string of the molecule is C/C=C(C)\C=C/N=C(C)NC(=O)c1ccc(-c2cc(N)nccn(C)c(C3CCCN(C)C3)n2)cc1. The molecule has 1 fully saturated rings. The summed E-state index contributed by atoms with van der Waals surface area (Å²) in [5, 5.41) is 2.82. The summed E-state index contributed by atoms with van der Waals surface area (Å²) in [4.78, 5) is 28.7. The number of aromatic nitrogens is 3. The summed E-state index contributed by atoms with van der Waals surface area (Å²) >= 11 is 0. The van der Waals surface area contributed by atoms with Crippen LogP contribution in [-0.4, -0.2) is 51.3 Å². The van der Waals surface area contributed by atoms with Crippen LogP contribution in [-0.2, 0) is 7.05 Å². The van der Waals surface area contributed by atoms with Gasteiger partial charge in [0.25, 0.3) is 5.91 Å². The third-order valence-corrected chi connectivity index (χ3v) is 6.18. The lowest BCUT2D eigenvalue weighted by Gasteiger charge is -2.29. The van der Waals surface area contributed by atoms with E-state index in [1.54, 1.807) is 37.5 Å². The first-order valence-corrected chi connectivity index (χ1v) is 12.2. The predicted molar refractivity (Wildman–Crippen MR) is 147 cm³/mol. The summed E-state index contributed by atoms with van der Waals surface area (Å²) in [7, 11) is 4.14. The number of aryl methyl sites for hydroxylation is 1. The molecule has 1 saturated heterocycles. The number of amidine groups is 1. The van der Waals surface area contributed by atoms with Crippen molar-refractivity contribution in [2.45, 2.75) is 39.5 Å². The Kier molecular flexibility index (Phi) is 9.53. The van der Waals surface area contributed by atoms with E-state index in [1.165, 1.54) is 0 Å². The number of likely N-dealkylation sites (N-methyl/N-ethyl adjacent to an activating group) is 1. The topological polar surface area (TPSA) is 101 Å². The molecule has 0 saturated carbocycles. The van der Waals surface area contributed by atoms with E-state index in [1.807, 2.05) is 55.9 Å². The molecule has 1 aliphatic heterocycles. The maximum Gasteiger partial charge on any atom is 0.256 e. The van der Waals surface area contributed by atoms with Crippen molar-refractivity contribution >= 4 is 17.6 Å². The van der Waals surface area contributed by atoms with E-state index >= 15 is 0 Å². The maximum atomic E-state index is 12.7. The molecule has 3 N–H and O–H groups in total. The number of carbonyl (C=O) groups is 1. The number of allylic oxidation sites excluding steroid dienone is 3. The van der Waals surface area contributed by atoms with Crippen molar-refractivity contribution < 1.29 is 4.79 Å². The molecule has 3 rings (SSSR count). The van der Waals surface area contributed by atoms with Crippen molar-refractivity contribution in [3.05, 3.63) is 78.0 Å². The quantitative estimate of drug-likeness (QED) is 0.364. The van der Waals surface area contributed by atoms with Crippen LogP contribution in [0.2, 0.25) is 0 Å². The smallest absolute Gasteiger partial charge is 0.256 e. The summed E-state index contributed by atoms with van der Waals surface area (Å²) < 4.78 is 2.02. The van der Waals surface area contributed by atoms with Crippen LogP contribution in [0.15, 0.2) is 71.6 Å². The van der Waals surface area contributed by atoms with Crippen LogP contribution in [0.5, 0.6) is 0 Å².